The van der Waals surface area contributed by atoms with Gasteiger partial charge in [0.1, 0.15) is 9.77 Å². The Balaban J connectivity index is 2.48. The quantitative estimate of drug-likeness (QED) is 0.835. The van der Waals surface area contributed by atoms with Crippen LogP contribution < -0.4 is 4.72 Å². The molecule has 0 aliphatic carbocycles. The summed E-state index contributed by atoms with van der Waals surface area (Å²) in [6.07, 6.45) is 0. The van der Waals surface area contributed by atoms with Crippen LogP contribution in [0.1, 0.15) is 20.8 Å². The standard InChI is InChI=1S/C13H12BrNO4S2/c1-7-5-9(14)6-8(2)11(7)15-21(18,19)10-3-4-20-12(10)13(16)17/h3-6,15H,1-2H3,(H,16,17). The maximum atomic E-state index is 12.4. The minimum Gasteiger partial charge on any atom is -0.477 e. The molecule has 0 unspecified atom stereocenters. The summed E-state index contributed by atoms with van der Waals surface area (Å²) in [5.74, 6) is -1.25. The second-order valence-corrected chi connectivity index (χ2v) is 7.92. The van der Waals surface area contributed by atoms with Crippen molar-refractivity contribution in [2.45, 2.75) is 18.7 Å². The van der Waals surface area contributed by atoms with Crippen LogP contribution in [0.25, 0.3) is 0 Å². The van der Waals surface area contributed by atoms with E-state index in [1.54, 1.807) is 26.0 Å². The third-order valence-electron chi connectivity index (χ3n) is 2.85. The van der Waals surface area contributed by atoms with Crippen LogP contribution in [0.15, 0.2) is 32.9 Å². The molecule has 0 aliphatic rings. The number of carboxylic acids is 1. The molecule has 112 valence electrons. The van der Waals surface area contributed by atoms with Gasteiger partial charge in [0.25, 0.3) is 10.0 Å². The molecule has 2 N–H and O–H groups in total. The highest BCUT2D eigenvalue weighted by molar-refractivity contribution is 9.10. The molecule has 2 rings (SSSR count). The molecule has 5 nitrogen and oxygen atoms in total. The topological polar surface area (TPSA) is 83.5 Å². The van der Waals surface area contributed by atoms with Gasteiger partial charge in [0.15, 0.2) is 0 Å². The van der Waals surface area contributed by atoms with Gasteiger partial charge in [-0.15, -0.1) is 11.3 Å². The number of anilines is 1. The van der Waals surface area contributed by atoms with Crippen LogP contribution in [0.3, 0.4) is 0 Å². The minimum atomic E-state index is -3.94. The van der Waals surface area contributed by atoms with Gasteiger partial charge < -0.3 is 5.11 Å². The minimum absolute atomic E-state index is 0.199. The van der Waals surface area contributed by atoms with Crippen LogP contribution in [0.4, 0.5) is 5.69 Å². The normalized spacial score (nSPS) is 11.4. The van der Waals surface area contributed by atoms with Crippen LogP contribution in [0.2, 0.25) is 0 Å². The molecule has 0 radical (unpaired) electrons. The van der Waals surface area contributed by atoms with E-state index in [1.165, 1.54) is 11.4 Å². The number of halogens is 1. The fraction of sp³-hybridized carbons (Fsp3) is 0.154. The van der Waals surface area contributed by atoms with Crippen molar-refractivity contribution < 1.29 is 18.3 Å². The molecule has 21 heavy (non-hydrogen) atoms. The third-order valence-corrected chi connectivity index (χ3v) is 5.73. The van der Waals surface area contributed by atoms with E-state index in [0.29, 0.717) is 5.69 Å². The van der Waals surface area contributed by atoms with E-state index in [1.807, 2.05) is 0 Å². The van der Waals surface area contributed by atoms with E-state index in [4.69, 9.17) is 5.11 Å². The van der Waals surface area contributed by atoms with Crippen LogP contribution in [0, 0.1) is 13.8 Å². The Bertz CT molecular complexity index is 788. The average Bonchev–Trinajstić information content (AvgIpc) is 2.83. The maximum absolute atomic E-state index is 12.4. The number of carboxylic acid groups (broad SMARTS) is 1. The summed E-state index contributed by atoms with van der Waals surface area (Å²) in [5, 5.41) is 10.5. The van der Waals surface area contributed by atoms with Crippen LogP contribution in [-0.2, 0) is 10.0 Å². The van der Waals surface area contributed by atoms with E-state index in [9.17, 15) is 13.2 Å². The third kappa shape index (κ3) is 3.28. The van der Waals surface area contributed by atoms with Gasteiger partial charge in [-0.2, -0.15) is 0 Å². The number of rotatable bonds is 4. The van der Waals surface area contributed by atoms with Gasteiger partial charge in [0.05, 0.1) is 5.69 Å². The molecule has 0 saturated carbocycles. The zero-order chi connectivity index (χ0) is 15.8. The predicted molar refractivity (Wildman–Crippen MR) is 85.7 cm³/mol. The number of benzene rings is 1. The van der Waals surface area contributed by atoms with Gasteiger partial charge in [-0.1, -0.05) is 15.9 Å². The summed E-state index contributed by atoms with van der Waals surface area (Å²) in [7, 11) is -3.94. The molecule has 0 fully saturated rings. The fourth-order valence-corrected chi connectivity index (χ4v) is 5.08. The second-order valence-electron chi connectivity index (χ2n) is 4.44. The molecule has 0 amide bonds. The zero-order valence-electron chi connectivity index (χ0n) is 11.2. The first-order chi connectivity index (χ1) is 9.72. The number of aromatic carboxylic acids is 1. The summed E-state index contributed by atoms with van der Waals surface area (Å²) < 4.78 is 28.1. The highest BCUT2D eigenvalue weighted by Gasteiger charge is 2.24. The van der Waals surface area contributed by atoms with Crippen molar-refractivity contribution in [3.63, 3.8) is 0 Å². The van der Waals surface area contributed by atoms with Crippen molar-refractivity contribution in [2.24, 2.45) is 0 Å². The van der Waals surface area contributed by atoms with Crippen molar-refractivity contribution >= 4 is 48.9 Å². The molecule has 1 heterocycles. The van der Waals surface area contributed by atoms with E-state index in [2.05, 4.69) is 20.7 Å². The molecule has 0 saturated heterocycles. The Morgan fingerprint density at radius 2 is 1.86 bits per heavy atom. The van der Waals surface area contributed by atoms with Crippen molar-refractivity contribution in [1.29, 1.82) is 0 Å². The summed E-state index contributed by atoms with van der Waals surface area (Å²) >= 11 is 4.22. The molecule has 1 aromatic carbocycles. The lowest BCUT2D eigenvalue weighted by Gasteiger charge is -2.13. The second kappa shape index (κ2) is 5.78. The first kappa shape index (κ1) is 16.0. The van der Waals surface area contributed by atoms with Crippen molar-refractivity contribution in [1.82, 2.24) is 0 Å². The predicted octanol–water partition coefficient (Wildman–Crippen LogP) is 3.63. The van der Waals surface area contributed by atoms with Gasteiger partial charge in [0.2, 0.25) is 0 Å². The smallest absolute Gasteiger partial charge is 0.347 e. The van der Waals surface area contributed by atoms with Crippen LogP contribution in [-0.4, -0.2) is 19.5 Å². The number of thiophene rings is 1. The number of hydrogen-bond acceptors (Lipinski definition) is 4. The van der Waals surface area contributed by atoms with Gasteiger partial charge in [-0.3, -0.25) is 4.72 Å². The monoisotopic (exact) mass is 389 g/mol. The molecule has 2 aromatic rings. The Morgan fingerprint density at radius 3 is 2.38 bits per heavy atom. The fourth-order valence-electron chi connectivity index (χ4n) is 1.93. The van der Waals surface area contributed by atoms with Gasteiger partial charge >= 0.3 is 5.97 Å². The zero-order valence-corrected chi connectivity index (χ0v) is 14.4. The average molecular weight is 390 g/mol. The molecule has 0 aliphatic heterocycles. The number of hydrogen-bond donors (Lipinski definition) is 2. The molecule has 0 atom stereocenters. The van der Waals surface area contributed by atoms with Crippen molar-refractivity contribution in [3.8, 4) is 0 Å². The van der Waals surface area contributed by atoms with E-state index >= 15 is 0 Å². The van der Waals surface area contributed by atoms with Gasteiger partial charge in [0, 0.05) is 4.47 Å². The Kier molecular flexibility index (Phi) is 4.40. The maximum Gasteiger partial charge on any atom is 0.347 e. The summed E-state index contributed by atoms with van der Waals surface area (Å²) in [6, 6.07) is 4.87. The molecule has 8 heteroatoms. The highest BCUT2D eigenvalue weighted by Crippen LogP contribution is 2.29. The number of carbonyl (C=O) groups is 1. The number of sulfonamides is 1. The number of nitrogens with one attached hydrogen (secondary N) is 1. The Labute approximate surface area is 134 Å². The first-order valence-electron chi connectivity index (χ1n) is 5.82. The molecular formula is C13H12BrNO4S2. The highest BCUT2D eigenvalue weighted by atomic mass is 79.9. The van der Waals surface area contributed by atoms with E-state index in [-0.39, 0.29) is 9.77 Å². The Morgan fingerprint density at radius 1 is 1.29 bits per heavy atom. The SMILES string of the molecule is Cc1cc(Br)cc(C)c1NS(=O)(=O)c1ccsc1C(=O)O. The molecule has 0 spiro atoms. The molecular weight excluding hydrogens is 378 g/mol. The van der Waals surface area contributed by atoms with E-state index in [0.717, 1.165) is 26.9 Å². The largest absolute Gasteiger partial charge is 0.477 e. The summed E-state index contributed by atoms with van der Waals surface area (Å²) in [6.45, 7) is 3.56. The van der Waals surface area contributed by atoms with Gasteiger partial charge in [-0.25, -0.2) is 13.2 Å². The van der Waals surface area contributed by atoms with Crippen LogP contribution in [0.5, 0.6) is 0 Å². The Hall–Kier alpha value is -1.38. The lowest BCUT2D eigenvalue weighted by atomic mass is 10.1. The van der Waals surface area contributed by atoms with Crippen LogP contribution >= 0.6 is 27.3 Å². The van der Waals surface area contributed by atoms with E-state index < -0.39 is 16.0 Å². The van der Waals surface area contributed by atoms with Gasteiger partial charge in [-0.05, 0) is 48.6 Å². The molecule has 0 bridgehead atoms. The summed E-state index contributed by atoms with van der Waals surface area (Å²) in [5.41, 5.74) is 1.95. The molecule has 1 aromatic heterocycles. The van der Waals surface area contributed by atoms with Crippen molar-refractivity contribution in [2.75, 3.05) is 4.72 Å². The first-order valence-corrected chi connectivity index (χ1v) is 8.98. The lowest BCUT2D eigenvalue weighted by Crippen LogP contribution is -2.16. The summed E-state index contributed by atoms with van der Waals surface area (Å²) in [4.78, 5) is 10.7. The number of aryl methyl sites for hydroxylation is 2. The van der Waals surface area contributed by atoms with Crippen molar-refractivity contribution in [3.05, 3.63) is 44.1 Å². The lowest BCUT2D eigenvalue weighted by molar-refractivity contribution is 0.0698.